The van der Waals surface area contributed by atoms with E-state index < -0.39 is 0 Å². The van der Waals surface area contributed by atoms with E-state index in [1.54, 1.807) is 0 Å². The molecule has 1 fully saturated rings. The zero-order chi connectivity index (χ0) is 13.5. The van der Waals surface area contributed by atoms with Crippen molar-refractivity contribution in [2.24, 2.45) is 0 Å². The number of aromatic nitrogens is 1. The van der Waals surface area contributed by atoms with Crippen molar-refractivity contribution in [1.82, 2.24) is 10.3 Å². The Morgan fingerprint density at radius 3 is 2.47 bits per heavy atom. The van der Waals surface area contributed by atoms with E-state index in [4.69, 9.17) is 0 Å². The number of piperidine rings is 1. The van der Waals surface area contributed by atoms with Gasteiger partial charge in [-0.1, -0.05) is 26.8 Å². The lowest BCUT2D eigenvalue weighted by Gasteiger charge is -2.21. The van der Waals surface area contributed by atoms with Gasteiger partial charge in [-0.2, -0.15) is 0 Å². The first-order valence-electron chi connectivity index (χ1n) is 7.38. The van der Waals surface area contributed by atoms with Gasteiger partial charge < -0.3 is 10.3 Å². The van der Waals surface area contributed by atoms with Gasteiger partial charge >= 0.3 is 0 Å². The van der Waals surface area contributed by atoms with Gasteiger partial charge in [-0.05, 0) is 60.5 Å². The summed E-state index contributed by atoms with van der Waals surface area (Å²) in [7, 11) is 0. The molecule has 1 aromatic heterocycles. The third-order valence-electron chi connectivity index (χ3n) is 4.29. The minimum absolute atomic E-state index is 0.223. The molecular weight excluding hydrogens is 232 g/mol. The molecule has 0 aliphatic carbocycles. The third kappa shape index (κ3) is 2.55. The SMILES string of the molecule is CC(C)(C)c1ccc2[nH]c(C3CCNCC3)cc2c1. The number of H-pyrrole nitrogens is 1. The summed E-state index contributed by atoms with van der Waals surface area (Å²) in [4.78, 5) is 3.62. The summed E-state index contributed by atoms with van der Waals surface area (Å²) in [6.45, 7) is 9.11. The third-order valence-corrected chi connectivity index (χ3v) is 4.29. The van der Waals surface area contributed by atoms with Gasteiger partial charge in [-0.15, -0.1) is 0 Å². The molecule has 0 atom stereocenters. The molecule has 0 amide bonds. The Hall–Kier alpha value is -1.28. The van der Waals surface area contributed by atoms with Gasteiger partial charge in [0.15, 0.2) is 0 Å². The average molecular weight is 256 g/mol. The second-order valence-electron chi connectivity index (χ2n) is 6.80. The second kappa shape index (κ2) is 4.68. The lowest BCUT2D eigenvalue weighted by Crippen LogP contribution is -2.26. The molecular formula is C17H24N2. The lowest BCUT2D eigenvalue weighted by atomic mass is 9.86. The van der Waals surface area contributed by atoms with Crippen molar-refractivity contribution in [1.29, 1.82) is 0 Å². The van der Waals surface area contributed by atoms with Crippen LogP contribution in [0.25, 0.3) is 10.9 Å². The largest absolute Gasteiger partial charge is 0.358 e. The molecule has 3 rings (SSSR count). The maximum atomic E-state index is 3.62. The van der Waals surface area contributed by atoms with Crippen molar-refractivity contribution in [2.75, 3.05) is 13.1 Å². The Balaban J connectivity index is 1.96. The maximum Gasteiger partial charge on any atom is 0.0456 e. The van der Waals surface area contributed by atoms with E-state index in [0.29, 0.717) is 5.92 Å². The van der Waals surface area contributed by atoms with Crippen LogP contribution in [-0.2, 0) is 5.41 Å². The molecule has 0 radical (unpaired) electrons. The smallest absolute Gasteiger partial charge is 0.0456 e. The minimum Gasteiger partial charge on any atom is -0.358 e. The van der Waals surface area contributed by atoms with E-state index >= 15 is 0 Å². The van der Waals surface area contributed by atoms with Gasteiger partial charge in [0.1, 0.15) is 0 Å². The van der Waals surface area contributed by atoms with Crippen LogP contribution in [-0.4, -0.2) is 18.1 Å². The van der Waals surface area contributed by atoms with Gasteiger partial charge in [0.05, 0.1) is 0 Å². The molecule has 1 aliphatic rings. The van der Waals surface area contributed by atoms with Crippen LogP contribution in [0.2, 0.25) is 0 Å². The van der Waals surface area contributed by atoms with Crippen molar-refractivity contribution in [3.8, 4) is 0 Å². The summed E-state index contributed by atoms with van der Waals surface area (Å²) >= 11 is 0. The number of fused-ring (bicyclic) bond motifs is 1. The number of hydrogen-bond donors (Lipinski definition) is 2. The predicted molar refractivity (Wildman–Crippen MR) is 81.8 cm³/mol. The Kier molecular flexibility index (Phi) is 3.14. The highest BCUT2D eigenvalue weighted by atomic mass is 14.9. The zero-order valence-corrected chi connectivity index (χ0v) is 12.2. The lowest BCUT2D eigenvalue weighted by molar-refractivity contribution is 0.455. The fourth-order valence-electron chi connectivity index (χ4n) is 2.97. The summed E-state index contributed by atoms with van der Waals surface area (Å²) in [5.41, 5.74) is 4.33. The van der Waals surface area contributed by atoms with Gasteiger partial charge in [0.25, 0.3) is 0 Å². The normalized spacial score (nSPS) is 18.1. The van der Waals surface area contributed by atoms with Crippen LogP contribution in [0, 0.1) is 0 Å². The highest BCUT2D eigenvalue weighted by molar-refractivity contribution is 5.81. The molecule has 2 aromatic rings. The van der Waals surface area contributed by atoms with Crippen molar-refractivity contribution >= 4 is 10.9 Å². The molecule has 2 heterocycles. The molecule has 0 unspecified atom stereocenters. The van der Waals surface area contributed by atoms with Crippen molar-refractivity contribution in [3.05, 3.63) is 35.5 Å². The molecule has 0 spiro atoms. The zero-order valence-electron chi connectivity index (χ0n) is 12.2. The Morgan fingerprint density at radius 2 is 1.79 bits per heavy atom. The Bertz CT molecular complexity index is 568. The van der Waals surface area contributed by atoms with Crippen molar-refractivity contribution < 1.29 is 0 Å². The van der Waals surface area contributed by atoms with Crippen molar-refractivity contribution in [3.63, 3.8) is 0 Å². The van der Waals surface area contributed by atoms with E-state index in [-0.39, 0.29) is 5.41 Å². The topological polar surface area (TPSA) is 27.8 Å². The summed E-state index contributed by atoms with van der Waals surface area (Å²) in [6, 6.07) is 9.20. The fourth-order valence-corrected chi connectivity index (χ4v) is 2.97. The predicted octanol–water partition coefficient (Wildman–Crippen LogP) is 3.93. The average Bonchev–Trinajstić information content (AvgIpc) is 2.81. The van der Waals surface area contributed by atoms with Crippen LogP contribution in [0.1, 0.15) is 50.8 Å². The molecule has 2 N–H and O–H groups in total. The van der Waals surface area contributed by atoms with Gasteiger partial charge in [0.2, 0.25) is 0 Å². The van der Waals surface area contributed by atoms with E-state index in [2.05, 4.69) is 55.3 Å². The molecule has 0 bridgehead atoms. The second-order valence-corrected chi connectivity index (χ2v) is 6.80. The maximum absolute atomic E-state index is 3.62. The number of hydrogen-bond acceptors (Lipinski definition) is 1. The van der Waals surface area contributed by atoms with Crippen LogP contribution in [0.3, 0.4) is 0 Å². The molecule has 1 saturated heterocycles. The monoisotopic (exact) mass is 256 g/mol. The first-order valence-corrected chi connectivity index (χ1v) is 7.38. The Morgan fingerprint density at radius 1 is 1.05 bits per heavy atom. The Labute approximate surface area is 115 Å². The summed E-state index contributed by atoms with van der Waals surface area (Å²) in [6.07, 6.45) is 2.50. The standard InChI is InChI=1S/C17H24N2/c1-17(2,3)14-4-5-15-13(10-14)11-16(19-15)12-6-8-18-9-7-12/h4-5,10-12,18-19H,6-9H2,1-3H3. The van der Waals surface area contributed by atoms with Crippen molar-refractivity contribution in [2.45, 2.75) is 44.9 Å². The van der Waals surface area contributed by atoms with Crippen LogP contribution >= 0.6 is 0 Å². The number of aromatic amines is 1. The minimum atomic E-state index is 0.223. The molecule has 1 aromatic carbocycles. The highest BCUT2D eigenvalue weighted by Crippen LogP contribution is 2.30. The highest BCUT2D eigenvalue weighted by Gasteiger charge is 2.18. The number of rotatable bonds is 1. The summed E-state index contributed by atoms with van der Waals surface area (Å²) in [5, 5.41) is 4.80. The number of nitrogens with one attached hydrogen (secondary N) is 2. The summed E-state index contributed by atoms with van der Waals surface area (Å²) < 4.78 is 0. The van der Waals surface area contributed by atoms with Crippen LogP contribution < -0.4 is 5.32 Å². The fraction of sp³-hybridized carbons (Fsp3) is 0.529. The molecule has 19 heavy (non-hydrogen) atoms. The van der Waals surface area contributed by atoms with Gasteiger partial charge in [-0.3, -0.25) is 0 Å². The number of benzene rings is 1. The van der Waals surface area contributed by atoms with E-state index in [0.717, 1.165) is 13.1 Å². The van der Waals surface area contributed by atoms with E-state index in [1.165, 1.54) is 35.0 Å². The van der Waals surface area contributed by atoms with Crippen LogP contribution in [0.4, 0.5) is 0 Å². The molecule has 0 saturated carbocycles. The van der Waals surface area contributed by atoms with Crippen LogP contribution in [0.5, 0.6) is 0 Å². The molecule has 2 heteroatoms. The first kappa shape index (κ1) is 12.7. The van der Waals surface area contributed by atoms with Crippen LogP contribution in [0.15, 0.2) is 24.3 Å². The quantitative estimate of drug-likeness (QED) is 0.795. The van der Waals surface area contributed by atoms with Gasteiger partial charge in [-0.25, -0.2) is 0 Å². The van der Waals surface area contributed by atoms with E-state index in [9.17, 15) is 0 Å². The molecule has 2 nitrogen and oxygen atoms in total. The van der Waals surface area contributed by atoms with Gasteiger partial charge in [0, 0.05) is 17.1 Å². The molecule has 1 aliphatic heterocycles. The first-order chi connectivity index (χ1) is 9.04. The molecule has 102 valence electrons. The van der Waals surface area contributed by atoms with E-state index in [1.807, 2.05) is 0 Å². The summed E-state index contributed by atoms with van der Waals surface area (Å²) in [5.74, 6) is 0.701.